The predicted molar refractivity (Wildman–Crippen MR) is 72.0 cm³/mol. The van der Waals surface area contributed by atoms with Gasteiger partial charge in [0.1, 0.15) is 5.82 Å². The van der Waals surface area contributed by atoms with Crippen LogP contribution >= 0.6 is 0 Å². The summed E-state index contributed by atoms with van der Waals surface area (Å²) in [6, 6.07) is 3.06. The molecule has 1 aliphatic rings. The maximum atomic E-state index is 13.3. The van der Waals surface area contributed by atoms with Gasteiger partial charge in [-0.15, -0.1) is 0 Å². The highest BCUT2D eigenvalue weighted by Gasteiger charge is 2.22. The molecule has 2 unspecified atom stereocenters. The number of hydrogen-bond donors (Lipinski definition) is 3. The van der Waals surface area contributed by atoms with E-state index in [0.717, 1.165) is 24.9 Å². The van der Waals surface area contributed by atoms with E-state index in [1.807, 2.05) is 0 Å². The zero-order valence-electron chi connectivity index (χ0n) is 10.7. The molecule has 0 bridgehead atoms. The molecular formula is C14H21FN2O. The third-order valence-electron chi connectivity index (χ3n) is 3.75. The van der Waals surface area contributed by atoms with Crippen LogP contribution in [0.15, 0.2) is 12.1 Å². The van der Waals surface area contributed by atoms with E-state index in [9.17, 15) is 9.50 Å². The lowest BCUT2D eigenvalue weighted by molar-refractivity contribution is 0.0763. The van der Waals surface area contributed by atoms with Gasteiger partial charge in [-0.05, 0) is 37.5 Å². The Morgan fingerprint density at radius 3 is 2.83 bits per heavy atom. The summed E-state index contributed by atoms with van der Waals surface area (Å²) in [7, 11) is 0. The minimum absolute atomic E-state index is 0.228. The molecule has 0 radical (unpaired) electrons. The van der Waals surface area contributed by atoms with Crippen molar-refractivity contribution < 1.29 is 9.50 Å². The molecule has 0 spiro atoms. The van der Waals surface area contributed by atoms with Gasteiger partial charge < -0.3 is 16.2 Å². The van der Waals surface area contributed by atoms with Gasteiger partial charge >= 0.3 is 0 Å². The Balaban J connectivity index is 1.99. The topological polar surface area (TPSA) is 58.3 Å². The molecule has 1 saturated carbocycles. The van der Waals surface area contributed by atoms with Gasteiger partial charge in [0.15, 0.2) is 0 Å². The largest absolute Gasteiger partial charge is 0.397 e. The van der Waals surface area contributed by atoms with E-state index < -0.39 is 0 Å². The molecule has 1 aliphatic carbocycles. The Bertz CT molecular complexity index is 423. The Morgan fingerprint density at radius 1 is 1.39 bits per heavy atom. The van der Waals surface area contributed by atoms with Crippen LogP contribution in [0.3, 0.4) is 0 Å². The highest BCUT2D eigenvalue weighted by molar-refractivity contribution is 5.67. The van der Waals surface area contributed by atoms with Crippen molar-refractivity contribution in [2.24, 2.45) is 5.92 Å². The minimum Gasteiger partial charge on any atom is -0.397 e. The van der Waals surface area contributed by atoms with Crippen molar-refractivity contribution in [2.75, 3.05) is 17.6 Å². The molecule has 4 N–H and O–H groups in total. The van der Waals surface area contributed by atoms with Crippen LogP contribution in [0.4, 0.5) is 15.8 Å². The lowest BCUT2D eigenvalue weighted by Gasteiger charge is -2.28. The number of aliphatic hydroxyl groups is 1. The number of rotatable bonds is 3. The minimum atomic E-state index is -0.282. The van der Waals surface area contributed by atoms with Crippen LogP contribution in [-0.2, 0) is 0 Å². The van der Waals surface area contributed by atoms with Crippen LogP contribution in [0, 0.1) is 18.7 Å². The van der Waals surface area contributed by atoms with Gasteiger partial charge in [-0.1, -0.05) is 12.8 Å². The summed E-state index contributed by atoms with van der Waals surface area (Å²) in [5, 5.41) is 13.1. The molecular weight excluding hydrogens is 231 g/mol. The molecule has 18 heavy (non-hydrogen) atoms. The van der Waals surface area contributed by atoms with Gasteiger partial charge in [-0.2, -0.15) is 0 Å². The molecule has 4 heteroatoms. The van der Waals surface area contributed by atoms with Crippen molar-refractivity contribution >= 4 is 11.4 Å². The molecule has 0 aliphatic heterocycles. The number of aliphatic hydroxyl groups excluding tert-OH is 1. The van der Waals surface area contributed by atoms with E-state index >= 15 is 0 Å². The maximum absolute atomic E-state index is 13.3. The Hall–Kier alpha value is -1.29. The highest BCUT2D eigenvalue weighted by Crippen LogP contribution is 2.27. The molecule has 0 aromatic heterocycles. The molecule has 100 valence electrons. The second-order valence-electron chi connectivity index (χ2n) is 5.18. The molecule has 1 fully saturated rings. The van der Waals surface area contributed by atoms with Gasteiger partial charge in [0.2, 0.25) is 0 Å². The molecule has 2 rings (SSSR count). The van der Waals surface area contributed by atoms with Crippen LogP contribution in [-0.4, -0.2) is 17.8 Å². The second kappa shape index (κ2) is 5.57. The van der Waals surface area contributed by atoms with Crippen molar-refractivity contribution in [1.82, 2.24) is 0 Å². The molecule has 0 saturated heterocycles. The smallest absolute Gasteiger partial charge is 0.128 e. The van der Waals surface area contributed by atoms with E-state index in [0.29, 0.717) is 17.8 Å². The van der Waals surface area contributed by atoms with Crippen LogP contribution in [0.2, 0.25) is 0 Å². The van der Waals surface area contributed by atoms with Gasteiger partial charge in [0, 0.05) is 12.5 Å². The fourth-order valence-corrected chi connectivity index (χ4v) is 2.52. The summed E-state index contributed by atoms with van der Waals surface area (Å²) in [6.45, 7) is 2.41. The summed E-state index contributed by atoms with van der Waals surface area (Å²) < 4.78 is 13.3. The summed E-state index contributed by atoms with van der Waals surface area (Å²) in [5.74, 6) is -0.0146. The summed E-state index contributed by atoms with van der Waals surface area (Å²) in [4.78, 5) is 0. The van der Waals surface area contributed by atoms with Gasteiger partial charge in [-0.3, -0.25) is 0 Å². The molecule has 3 nitrogen and oxygen atoms in total. The van der Waals surface area contributed by atoms with Gasteiger partial charge in [0.05, 0.1) is 17.5 Å². The van der Waals surface area contributed by atoms with Crippen LogP contribution in [0.5, 0.6) is 0 Å². The third kappa shape index (κ3) is 2.93. The predicted octanol–water partition coefficient (Wildman–Crippen LogP) is 2.68. The number of nitrogen functional groups attached to an aromatic ring is 1. The summed E-state index contributed by atoms with van der Waals surface area (Å²) in [5.41, 5.74) is 7.53. The van der Waals surface area contributed by atoms with Crippen molar-refractivity contribution in [3.63, 3.8) is 0 Å². The average Bonchev–Trinajstić information content (AvgIpc) is 2.34. The van der Waals surface area contributed by atoms with Crippen LogP contribution in [0.1, 0.15) is 31.2 Å². The van der Waals surface area contributed by atoms with Gasteiger partial charge in [0.25, 0.3) is 0 Å². The summed E-state index contributed by atoms with van der Waals surface area (Å²) in [6.07, 6.45) is 3.96. The normalized spacial score (nSPS) is 23.9. The highest BCUT2D eigenvalue weighted by atomic mass is 19.1. The first-order valence-electron chi connectivity index (χ1n) is 6.55. The van der Waals surface area contributed by atoms with E-state index in [-0.39, 0.29) is 17.8 Å². The molecule has 2 atom stereocenters. The summed E-state index contributed by atoms with van der Waals surface area (Å²) >= 11 is 0. The first-order chi connectivity index (χ1) is 8.58. The van der Waals surface area contributed by atoms with E-state index in [2.05, 4.69) is 5.32 Å². The zero-order chi connectivity index (χ0) is 13.1. The van der Waals surface area contributed by atoms with E-state index in [1.54, 1.807) is 13.0 Å². The second-order valence-corrected chi connectivity index (χ2v) is 5.18. The van der Waals surface area contributed by atoms with Gasteiger partial charge in [-0.25, -0.2) is 4.39 Å². The van der Waals surface area contributed by atoms with Crippen molar-refractivity contribution in [1.29, 1.82) is 0 Å². The first-order valence-corrected chi connectivity index (χ1v) is 6.55. The average molecular weight is 252 g/mol. The standard InChI is InChI=1S/C14H21FN2O/c1-9-6-13(12(16)7-11(9)15)17-8-10-4-2-3-5-14(10)18/h6-7,10,14,17-18H,2-5,8,16H2,1H3. The van der Waals surface area contributed by atoms with Crippen molar-refractivity contribution in [2.45, 2.75) is 38.7 Å². The number of nitrogens with one attached hydrogen (secondary N) is 1. The third-order valence-corrected chi connectivity index (χ3v) is 3.75. The Labute approximate surface area is 107 Å². The lowest BCUT2D eigenvalue weighted by atomic mass is 9.86. The molecule has 0 heterocycles. The number of nitrogens with two attached hydrogens (primary N) is 1. The fraction of sp³-hybridized carbons (Fsp3) is 0.571. The van der Waals surface area contributed by atoms with E-state index in [1.165, 1.54) is 12.5 Å². The monoisotopic (exact) mass is 252 g/mol. The number of aryl methyl sites for hydroxylation is 1. The molecule has 1 aromatic rings. The lowest BCUT2D eigenvalue weighted by Crippen LogP contribution is -2.30. The van der Waals surface area contributed by atoms with Crippen LogP contribution in [0.25, 0.3) is 0 Å². The maximum Gasteiger partial charge on any atom is 0.128 e. The quantitative estimate of drug-likeness (QED) is 0.725. The van der Waals surface area contributed by atoms with Crippen LogP contribution < -0.4 is 11.1 Å². The number of halogens is 1. The number of benzene rings is 1. The van der Waals surface area contributed by atoms with Crippen molar-refractivity contribution in [3.8, 4) is 0 Å². The Morgan fingerprint density at radius 2 is 2.11 bits per heavy atom. The zero-order valence-corrected chi connectivity index (χ0v) is 10.7. The number of hydrogen-bond acceptors (Lipinski definition) is 3. The molecule has 0 amide bonds. The SMILES string of the molecule is Cc1cc(NCC2CCCCC2O)c(N)cc1F. The molecule has 1 aromatic carbocycles. The Kier molecular flexibility index (Phi) is 4.07. The fourth-order valence-electron chi connectivity index (χ4n) is 2.52. The first kappa shape index (κ1) is 13.1. The van der Waals surface area contributed by atoms with Crippen molar-refractivity contribution in [3.05, 3.63) is 23.5 Å². The number of anilines is 2. The van der Waals surface area contributed by atoms with E-state index in [4.69, 9.17) is 5.73 Å².